The van der Waals surface area contributed by atoms with Crippen molar-refractivity contribution in [3.8, 4) is 6.07 Å². The Labute approximate surface area is 112 Å². The highest BCUT2D eigenvalue weighted by atomic mass is 32.2. The third kappa shape index (κ3) is 4.99. The quantitative estimate of drug-likeness (QED) is 0.767. The molecule has 0 aliphatic heterocycles. The van der Waals surface area contributed by atoms with Gasteiger partial charge in [0, 0.05) is 28.9 Å². The fourth-order valence-electron chi connectivity index (χ4n) is 1.64. The Morgan fingerprint density at radius 1 is 1.39 bits per heavy atom. The first-order valence-corrected chi connectivity index (χ1v) is 7.74. The second-order valence-electron chi connectivity index (χ2n) is 4.39. The fraction of sp³-hybridized carbons (Fsp3) is 0.500. The Morgan fingerprint density at radius 3 is 2.61 bits per heavy atom. The molecule has 0 aliphatic carbocycles. The second kappa shape index (κ2) is 8.02. The summed E-state index contributed by atoms with van der Waals surface area (Å²) in [7, 11) is -0.767. The molecule has 18 heavy (non-hydrogen) atoms. The van der Waals surface area contributed by atoms with Crippen LogP contribution in [0.25, 0.3) is 0 Å². The molecule has 4 heteroatoms. The third-order valence-electron chi connectivity index (χ3n) is 3.00. The van der Waals surface area contributed by atoms with Crippen molar-refractivity contribution in [1.82, 2.24) is 5.32 Å². The van der Waals surface area contributed by atoms with Crippen molar-refractivity contribution in [2.75, 3.05) is 19.3 Å². The zero-order chi connectivity index (χ0) is 13.4. The molecule has 1 aromatic rings. The predicted octanol–water partition coefficient (Wildman–Crippen LogP) is 2.04. The molecular weight excluding hydrogens is 244 g/mol. The summed E-state index contributed by atoms with van der Waals surface area (Å²) < 4.78 is 11.2. The van der Waals surface area contributed by atoms with Crippen LogP contribution < -0.4 is 5.32 Å². The number of hydrogen-bond acceptors (Lipinski definition) is 3. The first-order valence-electron chi connectivity index (χ1n) is 6.12. The van der Waals surface area contributed by atoms with Gasteiger partial charge in [0.2, 0.25) is 0 Å². The van der Waals surface area contributed by atoms with Crippen LogP contribution in [0.4, 0.5) is 0 Å². The predicted molar refractivity (Wildman–Crippen MR) is 75.8 cm³/mol. The van der Waals surface area contributed by atoms with Crippen molar-refractivity contribution in [2.45, 2.75) is 24.5 Å². The molecule has 1 N–H and O–H groups in total. The lowest BCUT2D eigenvalue weighted by Gasteiger charge is -2.12. The molecule has 3 nitrogen and oxygen atoms in total. The Morgan fingerprint density at radius 2 is 2.06 bits per heavy atom. The van der Waals surface area contributed by atoms with E-state index < -0.39 is 10.8 Å². The van der Waals surface area contributed by atoms with Gasteiger partial charge in [0.1, 0.15) is 0 Å². The van der Waals surface area contributed by atoms with Gasteiger partial charge in [-0.05, 0) is 18.5 Å². The molecule has 0 aliphatic rings. The minimum Gasteiger partial charge on any atom is -0.315 e. The molecule has 1 aromatic carbocycles. The van der Waals surface area contributed by atoms with Gasteiger partial charge in [0.25, 0.3) is 0 Å². The third-order valence-corrected chi connectivity index (χ3v) is 4.37. The molecule has 0 spiro atoms. The van der Waals surface area contributed by atoms with Crippen LogP contribution in [-0.2, 0) is 10.8 Å². The maximum absolute atomic E-state index is 11.2. The van der Waals surface area contributed by atoms with Crippen molar-refractivity contribution in [2.24, 2.45) is 0 Å². The molecule has 0 bridgehead atoms. The van der Waals surface area contributed by atoms with E-state index in [9.17, 15) is 4.21 Å². The van der Waals surface area contributed by atoms with Crippen molar-refractivity contribution in [3.05, 3.63) is 35.9 Å². The maximum Gasteiger partial charge on any atom is 0.0837 e. The van der Waals surface area contributed by atoms with Gasteiger partial charge in [-0.1, -0.05) is 37.3 Å². The Balaban J connectivity index is 2.34. The molecule has 0 saturated heterocycles. The van der Waals surface area contributed by atoms with Crippen LogP contribution in [0.2, 0.25) is 0 Å². The molecule has 0 amide bonds. The van der Waals surface area contributed by atoms with Gasteiger partial charge in [-0.15, -0.1) is 0 Å². The van der Waals surface area contributed by atoms with E-state index in [1.807, 2.05) is 37.3 Å². The van der Waals surface area contributed by atoms with Gasteiger partial charge >= 0.3 is 0 Å². The number of benzene rings is 1. The Bertz CT molecular complexity index is 414. The van der Waals surface area contributed by atoms with E-state index in [1.54, 1.807) is 6.26 Å². The van der Waals surface area contributed by atoms with E-state index in [1.165, 1.54) is 0 Å². The minimum absolute atomic E-state index is 0.117. The van der Waals surface area contributed by atoms with E-state index in [4.69, 9.17) is 5.26 Å². The fourth-order valence-corrected chi connectivity index (χ4v) is 2.09. The molecule has 3 unspecified atom stereocenters. The summed E-state index contributed by atoms with van der Waals surface area (Å²) in [4.78, 5) is 0. The first kappa shape index (κ1) is 14.9. The molecule has 3 atom stereocenters. The average molecular weight is 264 g/mol. The van der Waals surface area contributed by atoms with Crippen LogP contribution in [-0.4, -0.2) is 28.8 Å². The average Bonchev–Trinajstić information content (AvgIpc) is 2.39. The lowest BCUT2D eigenvalue weighted by atomic mass is 10.0. The van der Waals surface area contributed by atoms with Gasteiger partial charge in [0.05, 0.1) is 12.0 Å². The molecule has 98 valence electrons. The summed E-state index contributed by atoms with van der Waals surface area (Å²) in [6.07, 6.45) is 2.60. The van der Waals surface area contributed by atoms with Gasteiger partial charge in [-0.3, -0.25) is 4.21 Å². The molecule has 1 rings (SSSR count). The number of nitrogens with zero attached hydrogens (tertiary/aromatic N) is 1. The molecular formula is C14H20N2OS. The van der Waals surface area contributed by atoms with Crippen LogP contribution in [0.3, 0.4) is 0 Å². The molecule has 0 fully saturated rings. The van der Waals surface area contributed by atoms with E-state index in [2.05, 4.69) is 11.4 Å². The highest BCUT2D eigenvalue weighted by Gasteiger charge is 2.10. The summed E-state index contributed by atoms with van der Waals surface area (Å²) in [5.41, 5.74) is 1.04. The highest BCUT2D eigenvalue weighted by Crippen LogP contribution is 2.13. The van der Waals surface area contributed by atoms with Gasteiger partial charge < -0.3 is 5.32 Å². The van der Waals surface area contributed by atoms with Gasteiger partial charge in [-0.25, -0.2) is 0 Å². The summed E-state index contributed by atoms with van der Waals surface area (Å²) >= 11 is 0. The molecule has 0 aromatic heterocycles. The standard InChI is InChI=1S/C14H20N2OS/c1-12(18(2)17)8-9-16-11-14(10-15)13-6-4-3-5-7-13/h3-7,12,14,16H,8-9,11H2,1-2H3. The van der Waals surface area contributed by atoms with Gasteiger partial charge in [0.15, 0.2) is 0 Å². The number of hydrogen-bond donors (Lipinski definition) is 1. The molecule has 0 radical (unpaired) electrons. The zero-order valence-electron chi connectivity index (χ0n) is 10.9. The van der Waals surface area contributed by atoms with E-state index in [0.29, 0.717) is 6.54 Å². The van der Waals surface area contributed by atoms with Crippen LogP contribution in [0.1, 0.15) is 24.8 Å². The van der Waals surface area contributed by atoms with Crippen molar-refractivity contribution in [3.63, 3.8) is 0 Å². The smallest absolute Gasteiger partial charge is 0.0837 e. The van der Waals surface area contributed by atoms with Crippen molar-refractivity contribution < 1.29 is 4.21 Å². The van der Waals surface area contributed by atoms with E-state index in [0.717, 1.165) is 18.5 Å². The first-order chi connectivity index (χ1) is 8.65. The lowest BCUT2D eigenvalue weighted by Crippen LogP contribution is -2.25. The topological polar surface area (TPSA) is 52.9 Å². The number of nitriles is 1. The maximum atomic E-state index is 11.2. The lowest BCUT2D eigenvalue weighted by molar-refractivity contribution is 0.612. The monoisotopic (exact) mass is 264 g/mol. The normalized spacial score (nSPS) is 15.6. The summed E-state index contributed by atoms with van der Waals surface area (Å²) in [5.74, 6) is -0.117. The molecule has 0 heterocycles. The van der Waals surface area contributed by atoms with Gasteiger partial charge in [-0.2, -0.15) is 5.26 Å². The molecule has 0 saturated carbocycles. The second-order valence-corrected chi connectivity index (χ2v) is 6.20. The summed E-state index contributed by atoms with van der Waals surface area (Å²) in [5, 5.41) is 12.6. The SMILES string of the molecule is CC(CCNCC(C#N)c1ccccc1)S(C)=O. The van der Waals surface area contributed by atoms with Crippen LogP contribution in [0.15, 0.2) is 30.3 Å². The van der Waals surface area contributed by atoms with Crippen LogP contribution in [0, 0.1) is 11.3 Å². The van der Waals surface area contributed by atoms with Crippen molar-refractivity contribution >= 4 is 10.8 Å². The number of nitrogens with one attached hydrogen (secondary N) is 1. The van der Waals surface area contributed by atoms with E-state index in [-0.39, 0.29) is 11.2 Å². The van der Waals surface area contributed by atoms with Crippen LogP contribution in [0.5, 0.6) is 0 Å². The number of rotatable bonds is 7. The Kier molecular flexibility index (Phi) is 6.63. The summed E-state index contributed by atoms with van der Waals surface area (Å²) in [6.45, 7) is 3.42. The minimum atomic E-state index is -0.767. The van der Waals surface area contributed by atoms with Crippen molar-refractivity contribution in [1.29, 1.82) is 5.26 Å². The highest BCUT2D eigenvalue weighted by molar-refractivity contribution is 7.84. The van der Waals surface area contributed by atoms with Crippen LogP contribution >= 0.6 is 0 Å². The zero-order valence-corrected chi connectivity index (χ0v) is 11.7. The van der Waals surface area contributed by atoms with E-state index >= 15 is 0 Å². The largest absolute Gasteiger partial charge is 0.315 e. The summed E-state index contributed by atoms with van der Waals surface area (Å²) in [6, 6.07) is 12.1. The Hall–Kier alpha value is -1.18.